The van der Waals surface area contributed by atoms with E-state index in [4.69, 9.17) is 4.74 Å². The largest absolute Gasteiger partial charge is 0.491 e. The van der Waals surface area contributed by atoms with E-state index < -0.39 is 6.10 Å². The molecule has 2 heterocycles. The van der Waals surface area contributed by atoms with Crippen LogP contribution in [0, 0.1) is 0 Å². The van der Waals surface area contributed by atoms with Gasteiger partial charge >= 0.3 is 0 Å². The first-order chi connectivity index (χ1) is 12.6. The van der Waals surface area contributed by atoms with Crippen LogP contribution in [0.4, 0.5) is 5.95 Å². The van der Waals surface area contributed by atoms with E-state index in [1.165, 1.54) is 6.92 Å². The average molecular weight is 356 g/mol. The van der Waals surface area contributed by atoms with Crippen LogP contribution in [0.5, 0.6) is 5.75 Å². The zero-order valence-electron chi connectivity index (χ0n) is 14.9. The summed E-state index contributed by atoms with van der Waals surface area (Å²) in [5.41, 5.74) is 0.608. The van der Waals surface area contributed by atoms with Crippen LogP contribution in [0.2, 0.25) is 0 Å². The molecule has 1 unspecified atom stereocenters. The maximum atomic E-state index is 11.4. The third-order valence-corrected chi connectivity index (χ3v) is 4.36. The van der Waals surface area contributed by atoms with E-state index in [1.807, 2.05) is 6.07 Å². The summed E-state index contributed by atoms with van der Waals surface area (Å²) in [4.78, 5) is 24.3. The molecule has 1 N–H and O–H groups in total. The Hall–Kier alpha value is -2.51. The minimum Gasteiger partial charge on any atom is -0.491 e. The second kappa shape index (κ2) is 8.73. The number of carbonyl (C=O) groups is 1. The van der Waals surface area contributed by atoms with Gasteiger partial charge in [0.1, 0.15) is 18.5 Å². The molecule has 0 radical (unpaired) electrons. The lowest BCUT2D eigenvalue weighted by atomic mass is 10.1. The lowest BCUT2D eigenvalue weighted by Gasteiger charge is -2.35. The van der Waals surface area contributed by atoms with Gasteiger partial charge in [-0.05, 0) is 25.1 Å². The lowest BCUT2D eigenvalue weighted by Crippen LogP contribution is -2.49. The van der Waals surface area contributed by atoms with Gasteiger partial charge in [-0.15, -0.1) is 0 Å². The number of ether oxygens (including phenoxy) is 1. The van der Waals surface area contributed by atoms with Crippen molar-refractivity contribution in [2.45, 2.75) is 13.0 Å². The number of aliphatic hydroxyl groups excluding tert-OH is 1. The standard InChI is InChI=1S/C19H24N4O3/c1-15(24)16-4-2-5-18(12-16)26-14-17(25)13-22-8-10-23(11-9-22)19-20-6-3-7-21-19/h2-7,12,17,25H,8-11,13-14H2,1H3. The number of carbonyl (C=O) groups excluding carboxylic acids is 1. The fraction of sp³-hybridized carbons (Fsp3) is 0.421. The van der Waals surface area contributed by atoms with Crippen LogP contribution in [-0.4, -0.2) is 71.2 Å². The quantitative estimate of drug-likeness (QED) is 0.748. The Morgan fingerprint density at radius 2 is 1.92 bits per heavy atom. The predicted octanol–water partition coefficient (Wildman–Crippen LogP) is 1.24. The number of aliphatic hydroxyl groups is 1. The molecule has 7 nitrogen and oxygen atoms in total. The van der Waals surface area contributed by atoms with Gasteiger partial charge in [-0.3, -0.25) is 9.69 Å². The number of Topliss-reactive ketones (excluding diaryl/α,β-unsaturated/α-hetero) is 1. The minimum atomic E-state index is -0.587. The van der Waals surface area contributed by atoms with Gasteiger partial charge in [0, 0.05) is 50.7 Å². The lowest BCUT2D eigenvalue weighted by molar-refractivity contribution is 0.0662. The average Bonchev–Trinajstić information content (AvgIpc) is 2.68. The highest BCUT2D eigenvalue weighted by molar-refractivity contribution is 5.94. The van der Waals surface area contributed by atoms with Crippen LogP contribution in [0.25, 0.3) is 0 Å². The first kappa shape index (κ1) is 18.3. The number of anilines is 1. The van der Waals surface area contributed by atoms with Gasteiger partial charge in [-0.2, -0.15) is 0 Å². The number of nitrogens with zero attached hydrogens (tertiary/aromatic N) is 4. The second-order valence-electron chi connectivity index (χ2n) is 6.39. The van der Waals surface area contributed by atoms with E-state index in [1.54, 1.807) is 36.7 Å². The molecule has 1 aliphatic heterocycles. The number of hydrogen-bond donors (Lipinski definition) is 1. The number of aromatic nitrogens is 2. The number of rotatable bonds is 7. The van der Waals surface area contributed by atoms with Gasteiger partial charge in [0.05, 0.1) is 0 Å². The number of benzene rings is 1. The van der Waals surface area contributed by atoms with Crippen molar-refractivity contribution in [3.63, 3.8) is 0 Å². The van der Waals surface area contributed by atoms with Crippen molar-refractivity contribution in [3.05, 3.63) is 48.3 Å². The molecule has 138 valence electrons. The van der Waals surface area contributed by atoms with Crippen molar-refractivity contribution in [1.82, 2.24) is 14.9 Å². The van der Waals surface area contributed by atoms with E-state index in [0.29, 0.717) is 17.9 Å². The first-order valence-corrected chi connectivity index (χ1v) is 8.78. The zero-order valence-corrected chi connectivity index (χ0v) is 14.9. The maximum absolute atomic E-state index is 11.4. The molecule has 0 aliphatic carbocycles. The zero-order chi connectivity index (χ0) is 18.4. The Morgan fingerprint density at radius 1 is 1.19 bits per heavy atom. The van der Waals surface area contributed by atoms with Gasteiger partial charge in [-0.25, -0.2) is 9.97 Å². The molecule has 0 saturated carbocycles. The number of β-amino-alcohol motifs (C(OH)–C–C–N with tert-alkyl or cyclic N) is 1. The molecule has 1 aromatic heterocycles. The SMILES string of the molecule is CC(=O)c1cccc(OCC(O)CN2CCN(c3ncccn3)CC2)c1. The Kier molecular flexibility index (Phi) is 6.14. The van der Waals surface area contributed by atoms with Crippen LogP contribution in [-0.2, 0) is 0 Å². The highest BCUT2D eigenvalue weighted by Gasteiger charge is 2.20. The van der Waals surface area contributed by atoms with E-state index in [-0.39, 0.29) is 12.4 Å². The predicted molar refractivity (Wildman–Crippen MR) is 98.6 cm³/mol. The summed E-state index contributed by atoms with van der Waals surface area (Å²) in [5.74, 6) is 1.35. The molecule has 26 heavy (non-hydrogen) atoms. The van der Waals surface area contributed by atoms with Crippen LogP contribution in [0.1, 0.15) is 17.3 Å². The minimum absolute atomic E-state index is 0.00346. The van der Waals surface area contributed by atoms with Crippen LogP contribution in [0.15, 0.2) is 42.7 Å². The van der Waals surface area contributed by atoms with E-state index in [0.717, 1.165) is 32.1 Å². The highest BCUT2D eigenvalue weighted by atomic mass is 16.5. The Labute approximate surface area is 153 Å². The summed E-state index contributed by atoms with van der Waals surface area (Å²) < 4.78 is 5.63. The van der Waals surface area contributed by atoms with Crippen molar-refractivity contribution < 1.29 is 14.6 Å². The van der Waals surface area contributed by atoms with E-state index in [9.17, 15) is 9.90 Å². The molecule has 0 bridgehead atoms. The molecule has 1 aromatic carbocycles. The smallest absolute Gasteiger partial charge is 0.225 e. The number of piperazine rings is 1. The van der Waals surface area contributed by atoms with Crippen molar-refractivity contribution in [2.75, 3.05) is 44.2 Å². The molecule has 1 saturated heterocycles. The molecule has 1 atom stereocenters. The van der Waals surface area contributed by atoms with E-state index >= 15 is 0 Å². The summed E-state index contributed by atoms with van der Waals surface area (Å²) in [6, 6.07) is 8.83. The van der Waals surface area contributed by atoms with Gasteiger partial charge in [0.2, 0.25) is 5.95 Å². The highest BCUT2D eigenvalue weighted by Crippen LogP contribution is 2.14. The molecule has 3 rings (SSSR count). The molecule has 2 aromatic rings. The topological polar surface area (TPSA) is 78.8 Å². The molecule has 0 amide bonds. The fourth-order valence-corrected chi connectivity index (χ4v) is 2.93. The summed E-state index contributed by atoms with van der Waals surface area (Å²) in [5, 5.41) is 10.3. The van der Waals surface area contributed by atoms with Crippen LogP contribution >= 0.6 is 0 Å². The molecule has 1 fully saturated rings. The monoisotopic (exact) mass is 356 g/mol. The van der Waals surface area contributed by atoms with Gasteiger partial charge in [0.15, 0.2) is 5.78 Å². The van der Waals surface area contributed by atoms with Crippen molar-refractivity contribution >= 4 is 11.7 Å². The fourth-order valence-electron chi connectivity index (χ4n) is 2.93. The van der Waals surface area contributed by atoms with Gasteiger partial charge in [0.25, 0.3) is 0 Å². The summed E-state index contributed by atoms with van der Waals surface area (Å²) >= 11 is 0. The Balaban J connectivity index is 1.42. The van der Waals surface area contributed by atoms with Gasteiger partial charge < -0.3 is 14.7 Å². The molecular formula is C19H24N4O3. The Bertz CT molecular complexity index is 718. The molecule has 1 aliphatic rings. The number of hydrogen-bond acceptors (Lipinski definition) is 7. The van der Waals surface area contributed by atoms with Crippen LogP contribution in [0.3, 0.4) is 0 Å². The maximum Gasteiger partial charge on any atom is 0.225 e. The van der Waals surface area contributed by atoms with E-state index in [2.05, 4.69) is 19.8 Å². The second-order valence-corrected chi connectivity index (χ2v) is 6.39. The third-order valence-electron chi connectivity index (χ3n) is 4.36. The molecular weight excluding hydrogens is 332 g/mol. The van der Waals surface area contributed by atoms with Crippen LogP contribution < -0.4 is 9.64 Å². The third kappa shape index (κ3) is 5.00. The van der Waals surface area contributed by atoms with Crippen molar-refractivity contribution in [1.29, 1.82) is 0 Å². The number of ketones is 1. The molecule has 7 heteroatoms. The van der Waals surface area contributed by atoms with Crippen molar-refractivity contribution in [2.24, 2.45) is 0 Å². The van der Waals surface area contributed by atoms with Crippen molar-refractivity contribution in [3.8, 4) is 5.75 Å². The van der Waals surface area contributed by atoms with Gasteiger partial charge in [-0.1, -0.05) is 12.1 Å². The first-order valence-electron chi connectivity index (χ1n) is 8.78. The summed E-state index contributed by atoms with van der Waals surface area (Å²) in [6.07, 6.45) is 2.91. The molecule has 0 spiro atoms. The summed E-state index contributed by atoms with van der Waals surface area (Å²) in [6.45, 7) is 5.62. The summed E-state index contributed by atoms with van der Waals surface area (Å²) in [7, 11) is 0. The Morgan fingerprint density at radius 3 is 2.62 bits per heavy atom. The normalized spacial score (nSPS) is 16.3.